The summed E-state index contributed by atoms with van der Waals surface area (Å²) in [6.45, 7) is 3.25. The van der Waals surface area contributed by atoms with Crippen LogP contribution in [0.4, 0.5) is 5.69 Å². The lowest BCUT2D eigenvalue weighted by Crippen LogP contribution is -2.15. The van der Waals surface area contributed by atoms with Crippen molar-refractivity contribution in [3.63, 3.8) is 0 Å². The summed E-state index contributed by atoms with van der Waals surface area (Å²) in [5.41, 5.74) is 0.329. The lowest BCUT2D eigenvalue weighted by atomic mass is 10.2. The standard InChI is InChI=1S/C11H11BrN2O4S2/c1-5-10(11(15)16)7(4-13-5)14-20(17,18)8-3-9(12)19-6(8)2/h3-4,13-14H,1-2H3,(H,15,16). The van der Waals surface area contributed by atoms with Gasteiger partial charge >= 0.3 is 5.97 Å². The molecule has 0 aliphatic heterocycles. The molecule has 0 radical (unpaired) electrons. The summed E-state index contributed by atoms with van der Waals surface area (Å²) < 4.78 is 27.6. The van der Waals surface area contributed by atoms with E-state index in [1.165, 1.54) is 23.6 Å². The highest BCUT2D eigenvalue weighted by atomic mass is 79.9. The number of H-pyrrole nitrogens is 1. The Hall–Kier alpha value is -1.32. The monoisotopic (exact) mass is 378 g/mol. The Morgan fingerprint density at radius 3 is 2.60 bits per heavy atom. The van der Waals surface area contributed by atoms with Crippen LogP contribution in [0.25, 0.3) is 0 Å². The van der Waals surface area contributed by atoms with Gasteiger partial charge in [0.2, 0.25) is 0 Å². The zero-order chi connectivity index (χ0) is 15.1. The van der Waals surface area contributed by atoms with Crippen molar-refractivity contribution in [2.24, 2.45) is 0 Å². The highest BCUT2D eigenvalue weighted by Crippen LogP contribution is 2.31. The number of sulfonamides is 1. The molecule has 0 aliphatic carbocycles. The van der Waals surface area contributed by atoms with Crippen molar-refractivity contribution in [3.05, 3.63) is 32.2 Å². The van der Waals surface area contributed by atoms with Gasteiger partial charge < -0.3 is 10.1 Å². The summed E-state index contributed by atoms with van der Waals surface area (Å²) in [4.78, 5) is 14.6. The van der Waals surface area contributed by atoms with Gasteiger partial charge in [0.1, 0.15) is 10.5 Å². The summed E-state index contributed by atoms with van der Waals surface area (Å²) in [6.07, 6.45) is 1.33. The molecule has 0 saturated carbocycles. The Kier molecular flexibility index (Phi) is 3.94. The Bertz CT molecular complexity index is 776. The third-order valence-electron chi connectivity index (χ3n) is 2.67. The predicted molar refractivity (Wildman–Crippen MR) is 80.1 cm³/mol. The van der Waals surface area contributed by atoms with E-state index in [0.29, 0.717) is 14.4 Å². The molecule has 0 atom stereocenters. The molecule has 0 aliphatic rings. The minimum atomic E-state index is -3.82. The lowest BCUT2D eigenvalue weighted by molar-refractivity contribution is 0.0697. The van der Waals surface area contributed by atoms with Crippen LogP contribution in [0.3, 0.4) is 0 Å². The number of carboxylic acids is 1. The second-order valence-corrected chi connectivity index (χ2v) is 8.37. The Morgan fingerprint density at radius 1 is 1.45 bits per heavy atom. The maximum Gasteiger partial charge on any atom is 0.339 e. The van der Waals surface area contributed by atoms with Crippen LogP contribution in [-0.2, 0) is 10.0 Å². The van der Waals surface area contributed by atoms with Gasteiger partial charge in [-0.15, -0.1) is 11.3 Å². The molecule has 0 amide bonds. The van der Waals surface area contributed by atoms with Crippen LogP contribution in [0, 0.1) is 13.8 Å². The molecule has 2 rings (SSSR count). The molecular weight excluding hydrogens is 368 g/mol. The maximum atomic E-state index is 12.3. The molecule has 2 heterocycles. The number of thiophene rings is 1. The van der Waals surface area contributed by atoms with E-state index in [9.17, 15) is 13.2 Å². The van der Waals surface area contributed by atoms with Gasteiger partial charge in [0.05, 0.1) is 9.47 Å². The second-order valence-electron chi connectivity index (χ2n) is 4.08. The van der Waals surface area contributed by atoms with Crippen molar-refractivity contribution in [3.8, 4) is 0 Å². The maximum absolute atomic E-state index is 12.3. The number of rotatable bonds is 4. The van der Waals surface area contributed by atoms with E-state index in [2.05, 4.69) is 25.6 Å². The van der Waals surface area contributed by atoms with Crippen LogP contribution in [0.5, 0.6) is 0 Å². The first-order valence-corrected chi connectivity index (χ1v) is 8.51. The Balaban J connectivity index is 2.44. The number of halogens is 1. The molecule has 0 unspecified atom stereocenters. The number of carboxylic acid groups (broad SMARTS) is 1. The molecule has 0 bridgehead atoms. The number of carbonyl (C=O) groups is 1. The van der Waals surface area contributed by atoms with Crippen LogP contribution in [0.15, 0.2) is 20.9 Å². The van der Waals surface area contributed by atoms with E-state index in [1.54, 1.807) is 13.8 Å². The first kappa shape index (κ1) is 15.1. The molecule has 2 aromatic rings. The smallest absolute Gasteiger partial charge is 0.339 e. The van der Waals surface area contributed by atoms with Gasteiger partial charge in [-0.3, -0.25) is 4.72 Å². The van der Waals surface area contributed by atoms with Gasteiger partial charge in [-0.25, -0.2) is 13.2 Å². The Morgan fingerprint density at radius 2 is 2.10 bits per heavy atom. The van der Waals surface area contributed by atoms with Gasteiger partial charge in [0.25, 0.3) is 10.0 Å². The number of aromatic carboxylic acids is 1. The zero-order valence-electron chi connectivity index (χ0n) is 10.5. The number of nitrogens with one attached hydrogen (secondary N) is 2. The SMILES string of the molecule is Cc1[nH]cc(NS(=O)(=O)c2cc(Br)sc2C)c1C(=O)O. The van der Waals surface area contributed by atoms with Crippen molar-refractivity contribution < 1.29 is 18.3 Å². The van der Waals surface area contributed by atoms with Gasteiger partial charge in [-0.2, -0.15) is 0 Å². The van der Waals surface area contributed by atoms with Crippen molar-refractivity contribution in [1.82, 2.24) is 4.98 Å². The number of anilines is 1. The van der Waals surface area contributed by atoms with E-state index < -0.39 is 16.0 Å². The number of hydrogen-bond acceptors (Lipinski definition) is 4. The van der Waals surface area contributed by atoms with Gasteiger partial charge in [-0.1, -0.05) is 0 Å². The largest absolute Gasteiger partial charge is 0.478 e. The van der Waals surface area contributed by atoms with E-state index in [4.69, 9.17) is 5.11 Å². The molecule has 0 saturated heterocycles. The molecule has 20 heavy (non-hydrogen) atoms. The fourth-order valence-corrected chi connectivity index (χ4v) is 5.26. The Labute approximate surface area is 128 Å². The second kappa shape index (κ2) is 5.23. The summed E-state index contributed by atoms with van der Waals surface area (Å²) in [6, 6.07) is 1.49. The minimum Gasteiger partial charge on any atom is -0.478 e. The van der Waals surface area contributed by atoms with Gasteiger partial charge in [0, 0.05) is 16.8 Å². The molecule has 2 aromatic heterocycles. The zero-order valence-corrected chi connectivity index (χ0v) is 13.7. The van der Waals surface area contributed by atoms with E-state index in [-0.39, 0.29) is 16.1 Å². The fourth-order valence-electron chi connectivity index (χ4n) is 1.78. The van der Waals surface area contributed by atoms with Crippen LogP contribution >= 0.6 is 27.3 Å². The third kappa shape index (κ3) is 2.74. The molecule has 6 nitrogen and oxygen atoms in total. The molecular formula is C11H11BrN2O4S2. The van der Waals surface area contributed by atoms with Crippen LogP contribution in [-0.4, -0.2) is 24.5 Å². The molecule has 0 fully saturated rings. The minimum absolute atomic E-state index is 0.0247. The summed E-state index contributed by atoms with van der Waals surface area (Å²) in [5.74, 6) is -1.19. The van der Waals surface area contributed by atoms with Gasteiger partial charge in [0.15, 0.2) is 0 Å². The normalized spacial score (nSPS) is 11.6. The lowest BCUT2D eigenvalue weighted by Gasteiger charge is -2.07. The molecule has 3 N–H and O–H groups in total. The molecule has 108 valence electrons. The van der Waals surface area contributed by atoms with Crippen LogP contribution in [0.1, 0.15) is 20.9 Å². The molecule has 9 heteroatoms. The van der Waals surface area contributed by atoms with Crippen molar-refractivity contribution in [2.75, 3.05) is 4.72 Å². The number of aromatic nitrogens is 1. The summed E-state index contributed by atoms with van der Waals surface area (Å²) in [7, 11) is -3.82. The molecule has 0 spiro atoms. The third-order valence-corrected chi connectivity index (χ3v) is 5.84. The highest BCUT2D eigenvalue weighted by molar-refractivity contribution is 9.11. The first-order chi connectivity index (χ1) is 9.22. The number of aromatic amines is 1. The predicted octanol–water partition coefficient (Wildman–Crippen LogP) is 2.95. The topological polar surface area (TPSA) is 99.3 Å². The average Bonchev–Trinajstić information content (AvgIpc) is 2.82. The average molecular weight is 379 g/mol. The highest BCUT2D eigenvalue weighted by Gasteiger charge is 2.24. The van der Waals surface area contributed by atoms with Crippen LogP contribution < -0.4 is 4.72 Å². The quantitative estimate of drug-likeness (QED) is 0.761. The fraction of sp³-hybridized carbons (Fsp3) is 0.182. The van der Waals surface area contributed by atoms with E-state index >= 15 is 0 Å². The summed E-state index contributed by atoms with van der Waals surface area (Å²) >= 11 is 4.52. The van der Waals surface area contributed by atoms with Crippen molar-refractivity contribution in [2.45, 2.75) is 18.7 Å². The van der Waals surface area contributed by atoms with E-state index in [0.717, 1.165) is 0 Å². The number of hydrogen-bond donors (Lipinski definition) is 3. The van der Waals surface area contributed by atoms with Crippen molar-refractivity contribution >= 4 is 48.9 Å². The van der Waals surface area contributed by atoms with Gasteiger partial charge in [-0.05, 0) is 35.8 Å². The van der Waals surface area contributed by atoms with Crippen LogP contribution in [0.2, 0.25) is 0 Å². The number of aryl methyl sites for hydroxylation is 2. The van der Waals surface area contributed by atoms with E-state index in [1.807, 2.05) is 0 Å². The summed E-state index contributed by atoms with van der Waals surface area (Å²) in [5, 5.41) is 9.10. The molecule has 0 aromatic carbocycles. The van der Waals surface area contributed by atoms with Crippen molar-refractivity contribution in [1.29, 1.82) is 0 Å². The first-order valence-electron chi connectivity index (χ1n) is 5.42.